The summed E-state index contributed by atoms with van der Waals surface area (Å²) in [6, 6.07) is 19.9. The summed E-state index contributed by atoms with van der Waals surface area (Å²) >= 11 is 1.61. The van der Waals surface area contributed by atoms with Crippen LogP contribution in [0.15, 0.2) is 78.2 Å². The maximum absolute atomic E-state index is 5.86. The third-order valence-electron chi connectivity index (χ3n) is 4.56. The average molecular weight is 433 g/mol. The zero-order valence-corrected chi connectivity index (χ0v) is 18.4. The second kappa shape index (κ2) is 10.1. The number of pyridine rings is 1. The lowest BCUT2D eigenvalue weighted by Crippen LogP contribution is -2.04. The van der Waals surface area contributed by atoms with Gasteiger partial charge in [0.05, 0.1) is 13.2 Å². The lowest BCUT2D eigenvalue weighted by atomic mass is 10.2. The van der Waals surface area contributed by atoms with Crippen molar-refractivity contribution < 1.29 is 9.47 Å². The molecule has 0 atom stereocenters. The van der Waals surface area contributed by atoms with E-state index in [2.05, 4.69) is 22.1 Å². The van der Waals surface area contributed by atoms with Crippen LogP contribution in [0.3, 0.4) is 0 Å². The minimum atomic E-state index is 0.575. The van der Waals surface area contributed by atoms with Crippen LogP contribution in [0.5, 0.6) is 11.5 Å². The first kappa shape index (κ1) is 20.9. The topological polar surface area (TPSA) is 62.1 Å². The predicted octanol–water partition coefficient (Wildman–Crippen LogP) is 5.21. The molecule has 0 saturated heterocycles. The van der Waals surface area contributed by atoms with Crippen molar-refractivity contribution in [3.05, 3.63) is 78.6 Å². The van der Waals surface area contributed by atoms with Gasteiger partial charge in [0.1, 0.15) is 11.5 Å². The Morgan fingerprint density at radius 1 is 0.903 bits per heavy atom. The fourth-order valence-electron chi connectivity index (χ4n) is 3.06. The summed E-state index contributed by atoms with van der Waals surface area (Å²) in [4.78, 5) is 4.23. The van der Waals surface area contributed by atoms with Crippen LogP contribution in [0.25, 0.3) is 17.1 Å². The van der Waals surface area contributed by atoms with E-state index >= 15 is 0 Å². The van der Waals surface area contributed by atoms with E-state index in [1.165, 1.54) is 5.56 Å². The van der Waals surface area contributed by atoms with Crippen molar-refractivity contribution in [3.63, 3.8) is 0 Å². The van der Waals surface area contributed by atoms with Gasteiger partial charge in [-0.2, -0.15) is 0 Å². The van der Waals surface area contributed by atoms with E-state index < -0.39 is 0 Å². The molecular formula is C24H24N4O2S. The molecule has 2 aromatic carbocycles. The number of thioether (sulfide) groups is 1. The number of ether oxygens (including phenoxy) is 2. The minimum absolute atomic E-state index is 0.575. The first-order valence-corrected chi connectivity index (χ1v) is 11.1. The number of benzene rings is 2. The number of aromatic nitrogens is 4. The van der Waals surface area contributed by atoms with Crippen LogP contribution in [-0.4, -0.2) is 38.7 Å². The van der Waals surface area contributed by atoms with Crippen molar-refractivity contribution in [3.8, 4) is 28.6 Å². The van der Waals surface area contributed by atoms with Crippen LogP contribution in [0.1, 0.15) is 12.5 Å². The third-order valence-corrected chi connectivity index (χ3v) is 5.46. The predicted molar refractivity (Wildman–Crippen MR) is 123 cm³/mol. The summed E-state index contributed by atoms with van der Waals surface area (Å²) in [6.45, 7) is 5.25. The quantitative estimate of drug-likeness (QED) is 0.267. The molecule has 7 heteroatoms. The second-order valence-electron chi connectivity index (χ2n) is 6.82. The first-order chi connectivity index (χ1) is 15.2. The van der Waals surface area contributed by atoms with Gasteiger partial charge in [0.25, 0.3) is 0 Å². The van der Waals surface area contributed by atoms with Gasteiger partial charge in [-0.25, -0.2) is 0 Å². The van der Waals surface area contributed by atoms with Crippen LogP contribution >= 0.6 is 11.8 Å². The molecule has 0 spiro atoms. The highest BCUT2D eigenvalue weighted by Crippen LogP contribution is 2.28. The van der Waals surface area contributed by atoms with Gasteiger partial charge in [-0.3, -0.25) is 9.55 Å². The molecule has 4 aromatic rings. The molecule has 158 valence electrons. The largest absolute Gasteiger partial charge is 0.494 e. The van der Waals surface area contributed by atoms with E-state index in [1.54, 1.807) is 24.2 Å². The van der Waals surface area contributed by atoms with Crippen molar-refractivity contribution in [2.24, 2.45) is 0 Å². The molecule has 4 rings (SSSR count). The van der Waals surface area contributed by atoms with Crippen LogP contribution in [0.2, 0.25) is 0 Å². The molecule has 0 amide bonds. The molecule has 0 N–H and O–H groups in total. The Morgan fingerprint density at radius 3 is 2.35 bits per heavy atom. The van der Waals surface area contributed by atoms with Crippen molar-refractivity contribution in [2.45, 2.75) is 19.0 Å². The molecule has 2 aromatic heterocycles. The Balaban J connectivity index is 1.54. The van der Waals surface area contributed by atoms with Gasteiger partial charge in [-0.05, 0) is 62.4 Å². The van der Waals surface area contributed by atoms with Crippen molar-refractivity contribution in [1.29, 1.82) is 0 Å². The van der Waals surface area contributed by atoms with Crippen molar-refractivity contribution >= 4 is 11.8 Å². The Hall–Kier alpha value is -3.32. The number of aryl methyl sites for hydroxylation is 1. The summed E-state index contributed by atoms with van der Waals surface area (Å²) < 4.78 is 13.5. The molecule has 0 saturated carbocycles. The zero-order valence-electron chi connectivity index (χ0n) is 17.6. The van der Waals surface area contributed by atoms with Gasteiger partial charge in [-0.15, -0.1) is 10.2 Å². The average Bonchev–Trinajstić information content (AvgIpc) is 3.23. The molecule has 0 bridgehead atoms. The fourth-order valence-corrected chi connectivity index (χ4v) is 3.83. The molecule has 0 radical (unpaired) electrons. The molecular weight excluding hydrogens is 408 g/mol. The van der Waals surface area contributed by atoms with Crippen LogP contribution in [0, 0.1) is 6.92 Å². The highest BCUT2D eigenvalue weighted by Gasteiger charge is 2.16. The van der Waals surface area contributed by atoms with Gasteiger partial charge in [0.2, 0.25) is 0 Å². The Kier molecular flexibility index (Phi) is 6.84. The molecule has 0 unspecified atom stereocenters. The normalized spacial score (nSPS) is 10.8. The van der Waals surface area contributed by atoms with Crippen LogP contribution in [-0.2, 0) is 0 Å². The van der Waals surface area contributed by atoms with Crippen molar-refractivity contribution in [2.75, 3.05) is 19.0 Å². The van der Waals surface area contributed by atoms with Gasteiger partial charge >= 0.3 is 0 Å². The smallest absolute Gasteiger partial charge is 0.196 e. The highest BCUT2D eigenvalue weighted by atomic mass is 32.2. The van der Waals surface area contributed by atoms with Gasteiger partial charge in [0.15, 0.2) is 11.0 Å². The summed E-state index contributed by atoms with van der Waals surface area (Å²) in [5.74, 6) is 3.20. The summed E-state index contributed by atoms with van der Waals surface area (Å²) in [6.07, 6.45) is 3.54. The Bertz CT molecular complexity index is 1100. The summed E-state index contributed by atoms with van der Waals surface area (Å²) in [7, 11) is 0. The summed E-state index contributed by atoms with van der Waals surface area (Å²) in [5.41, 5.74) is 3.09. The van der Waals surface area contributed by atoms with Crippen LogP contribution in [0.4, 0.5) is 0 Å². The van der Waals surface area contributed by atoms with Crippen molar-refractivity contribution in [1.82, 2.24) is 19.7 Å². The van der Waals surface area contributed by atoms with Gasteiger partial charge in [0, 0.05) is 29.4 Å². The van der Waals surface area contributed by atoms with Crippen LogP contribution < -0.4 is 9.47 Å². The monoisotopic (exact) mass is 432 g/mol. The Labute approximate surface area is 186 Å². The number of rotatable bonds is 9. The minimum Gasteiger partial charge on any atom is -0.494 e. The van der Waals surface area contributed by atoms with E-state index in [9.17, 15) is 0 Å². The molecule has 0 aliphatic heterocycles. The lowest BCUT2D eigenvalue weighted by molar-refractivity contribution is 0.340. The van der Waals surface area contributed by atoms with E-state index in [-0.39, 0.29) is 0 Å². The maximum atomic E-state index is 5.86. The van der Waals surface area contributed by atoms with E-state index in [1.807, 2.05) is 72.2 Å². The Morgan fingerprint density at radius 2 is 1.65 bits per heavy atom. The molecule has 2 heterocycles. The molecule has 0 aliphatic carbocycles. The molecule has 0 aliphatic rings. The zero-order chi connectivity index (χ0) is 21.5. The van der Waals surface area contributed by atoms with Gasteiger partial charge < -0.3 is 9.47 Å². The first-order valence-electron chi connectivity index (χ1n) is 10.2. The van der Waals surface area contributed by atoms with E-state index in [0.717, 1.165) is 39.5 Å². The molecule has 31 heavy (non-hydrogen) atoms. The third kappa shape index (κ3) is 5.24. The van der Waals surface area contributed by atoms with Gasteiger partial charge in [-0.1, -0.05) is 29.5 Å². The maximum Gasteiger partial charge on any atom is 0.196 e. The molecule has 6 nitrogen and oxygen atoms in total. The highest BCUT2D eigenvalue weighted by molar-refractivity contribution is 7.99. The fraction of sp³-hybridized carbons (Fsp3) is 0.208. The van der Waals surface area contributed by atoms with E-state index in [4.69, 9.17) is 9.47 Å². The number of hydrogen-bond donors (Lipinski definition) is 0. The molecule has 0 fully saturated rings. The second-order valence-corrected chi connectivity index (χ2v) is 7.88. The number of nitrogens with zero attached hydrogens (tertiary/aromatic N) is 4. The lowest BCUT2D eigenvalue weighted by Gasteiger charge is -2.11. The standard InChI is InChI=1S/C24H24N4O2S/c1-3-29-21-12-8-20(9-13-21)28-23(19-5-4-14-25-17-19)26-27-24(28)31-16-15-30-22-10-6-18(2)7-11-22/h4-14,17H,3,15-16H2,1-2H3. The SMILES string of the molecule is CCOc1ccc(-n2c(SCCOc3ccc(C)cc3)nnc2-c2cccnc2)cc1. The summed E-state index contributed by atoms with van der Waals surface area (Å²) in [5, 5.41) is 9.69. The van der Waals surface area contributed by atoms with E-state index in [0.29, 0.717) is 13.2 Å². The number of hydrogen-bond acceptors (Lipinski definition) is 6.